The molecule has 7 nitrogen and oxygen atoms in total. The number of rotatable bonds is 10. The van der Waals surface area contributed by atoms with Gasteiger partial charge in [0.2, 0.25) is 11.8 Å². The summed E-state index contributed by atoms with van der Waals surface area (Å²) in [7, 11) is -4.08. The predicted octanol–water partition coefficient (Wildman–Crippen LogP) is 4.89. The first-order chi connectivity index (χ1) is 17.5. The van der Waals surface area contributed by atoms with Crippen LogP contribution in [0.3, 0.4) is 0 Å². The number of halogens is 1. The third-order valence-electron chi connectivity index (χ3n) is 5.91. The molecule has 0 fully saturated rings. The Morgan fingerprint density at radius 2 is 1.57 bits per heavy atom. The average Bonchev–Trinajstić information content (AvgIpc) is 2.86. The Labute approximate surface area is 227 Å². The van der Waals surface area contributed by atoms with Crippen LogP contribution in [0.2, 0.25) is 0 Å². The molecule has 0 bridgehead atoms. The summed E-state index contributed by atoms with van der Waals surface area (Å²) >= 11 is 3.40. The number of nitrogens with one attached hydrogen (secondary N) is 1. The van der Waals surface area contributed by atoms with E-state index in [0.29, 0.717) is 10.2 Å². The second kappa shape index (κ2) is 12.4. The Hall–Kier alpha value is -3.17. The molecule has 2 amide bonds. The minimum atomic E-state index is -4.08. The topological polar surface area (TPSA) is 86.8 Å². The van der Waals surface area contributed by atoms with Gasteiger partial charge in [-0.15, -0.1) is 0 Å². The fourth-order valence-corrected chi connectivity index (χ4v) is 5.65. The summed E-state index contributed by atoms with van der Waals surface area (Å²) in [6.45, 7) is 6.97. The number of nitrogens with zero attached hydrogens (tertiary/aromatic N) is 2. The lowest BCUT2D eigenvalue weighted by molar-refractivity contribution is -0.139. The highest BCUT2D eigenvalue weighted by atomic mass is 79.9. The minimum Gasteiger partial charge on any atom is -0.352 e. The third kappa shape index (κ3) is 7.20. The van der Waals surface area contributed by atoms with Crippen LogP contribution in [0, 0.1) is 6.92 Å². The Balaban J connectivity index is 2.03. The van der Waals surface area contributed by atoms with Crippen molar-refractivity contribution in [2.24, 2.45) is 0 Å². The molecule has 0 unspecified atom stereocenters. The van der Waals surface area contributed by atoms with Gasteiger partial charge in [0, 0.05) is 17.1 Å². The summed E-state index contributed by atoms with van der Waals surface area (Å²) in [5.41, 5.74) is 2.18. The standard InChI is InChI=1S/C28H32BrN3O4S/c1-20(2)30-28(34)22(4)31(18-23-12-9-8-11-21(23)3)27(33)19-32(25-14-10-13-24(29)17-25)37(35,36)26-15-6-5-7-16-26/h5-17,20,22H,18-19H2,1-4H3,(H,30,34)/t22-/m1/s1. The van der Waals surface area contributed by atoms with E-state index >= 15 is 0 Å². The van der Waals surface area contributed by atoms with Gasteiger partial charge < -0.3 is 10.2 Å². The molecule has 37 heavy (non-hydrogen) atoms. The number of hydrogen-bond acceptors (Lipinski definition) is 4. The maximum Gasteiger partial charge on any atom is 0.264 e. The first-order valence-corrected chi connectivity index (χ1v) is 14.2. The maximum atomic E-state index is 13.9. The minimum absolute atomic E-state index is 0.0684. The highest BCUT2D eigenvalue weighted by Crippen LogP contribution is 2.27. The molecule has 3 rings (SSSR count). The molecule has 1 atom stereocenters. The fraction of sp³-hybridized carbons (Fsp3) is 0.286. The Bertz CT molecular complexity index is 1350. The Kier molecular flexibility index (Phi) is 9.50. The monoisotopic (exact) mass is 585 g/mol. The molecule has 0 heterocycles. The molecule has 196 valence electrons. The zero-order chi connectivity index (χ0) is 27.2. The number of benzene rings is 3. The van der Waals surface area contributed by atoms with Crippen molar-refractivity contribution in [3.8, 4) is 0 Å². The zero-order valence-electron chi connectivity index (χ0n) is 21.4. The van der Waals surface area contributed by atoms with Crippen LogP contribution < -0.4 is 9.62 Å². The van der Waals surface area contributed by atoms with Crippen molar-refractivity contribution < 1.29 is 18.0 Å². The van der Waals surface area contributed by atoms with E-state index in [2.05, 4.69) is 21.2 Å². The van der Waals surface area contributed by atoms with Crippen LogP contribution in [0.5, 0.6) is 0 Å². The number of sulfonamides is 1. The van der Waals surface area contributed by atoms with E-state index in [1.807, 2.05) is 45.0 Å². The lowest BCUT2D eigenvalue weighted by Crippen LogP contribution is -2.52. The number of anilines is 1. The SMILES string of the molecule is Cc1ccccc1CN(C(=O)CN(c1cccc(Br)c1)S(=O)(=O)c1ccccc1)[C@H](C)C(=O)NC(C)C. The normalized spacial score (nSPS) is 12.2. The van der Waals surface area contributed by atoms with Gasteiger partial charge in [-0.1, -0.05) is 64.5 Å². The lowest BCUT2D eigenvalue weighted by Gasteiger charge is -2.32. The molecular weight excluding hydrogens is 554 g/mol. The third-order valence-corrected chi connectivity index (χ3v) is 8.19. The van der Waals surface area contributed by atoms with E-state index in [1.165, 1.54) is 17.0 Å². The number of carbonyl (C=O) groups excluding carboxylic acids is 2. The molecule has 0 aliphatic carbocycles. The van der Waals surface area contributed by atoms with E-state index in [4.69, 9.17) is 0 Å². The molecule has 0 spiro atoms. The zero-order valence-corrected chi connectivity index (χ0v) is 23.8. The summed E-state index contributed by atoms with van der Waals surface area (Å²) in [4.78, 5) is 28.3. The van der Waals surface area contributed by atoms with Crippen LogP contribution in [0.25, 0.3) is 0 Å². The molecule has 9 heteroatoms. The van der Waals surface area contributed by atoms with Crippen molar-refractivity contribution in [3.63, 3.8) is 0 Å². The Morgan fingerprint density at radius 1 is 0.919 bits per heavy atom. The Morgan fingerprint density at radius 3 is 2.19 bits per heavy atom. The average molecular weight is 587 g/mol. The van der Waals surface area contributed by atoms with Gasteiger partial charge in [0.25, 0.3) is 10.0 Å². The molecule has 0 aliphatic heterocycles. The summed E-state index contributed by atoms with van der Waals surface area (Å²) in [6.07, 6.45) is 0. The molecule has 3 aromatic rings. The first-order valence-electron chi connectivity index (χ1n) is 12.0. The van der Waals surface area contributed by atoms with E-state index < -0.39 is 28.5 Å². The molecular formula is C28H32BrN3O4S. The van der Waals surface area contributed by atoms with Crippen LogP contribution in [0.15, 0.2) is 88.2 Å². The van der Waals surface area contributed by atoms with Crippen molar-refractivity contribution in [2.75, 3.05) is 10.8 Å². The van der Waals surface area contributed by atoms with E-state index in [1.54, 1.807) is 49.4 Å². The smallest absolute Gasteiger partial charge is 0.264 e. The van der Waals surface area contributed by atoms with Gasteiger partial charge in [0.1, 0.15) is 12.6 Å². The summed E-state index contributed by atoms with van der Waals surface area (Å²) in [5.74, 6) is -0.800. The van der Waals surface area contributed by atoms with Gasteiger partial charge in [-0.2, -0.15) is 0 Å². The van der Waals surface area contributed by atoms with Crippen LogP contribution >= 0.6 is 15.9 Å². The quantitative estimate of drug-likeness (QED) is 0.367. The predicted molar refractivity (Wildman–Crippen MR) is 150 cm³/mol. The fourth-order valence-electron chi connectivity index (χ4n) is 3.84. The van der Waals surface area contributed by atoms with Gasteiger partial charge in [-0.3, -0.25) is 13.9 Å². The van der Waals surface area contributed by atoms with Crippen molar-refractivity contribution in [1.82, 2.24) is 10.2 Å². The lowest BCUT2D eigenvalue weighted by atomic mass is 10.1. The highest BCUT2D eigenvalue weighted by molar-refractivity contribution is 9.10. The molecule has 0 saturated carbocycles. The number of aryl methyl sites for hydroxylation is 1. The van der Waals surface area contributed by atoms with E-state index in [0.717, 1.165) is 15.4 Å². The molecule has 0 aromatic heterocycles. The highest BCUT2D eigenvalue weighted by Gasteiger charge is 2.32. The van der Waals surface area contributed by atoms with E-state index in [-0.39, 0.29) is 23.4 Å². The van der Waals surface area contributed by atoms with Crippen molar-refractivity contribution in [2.45, 2.75) is 51.2 Å². The molecule has 0 radical (unpaired) electrons. The molecule has 0 saturated heterocycles. The van der Waals surface area contributed by atoms with Gasteiger partial charge in [0.05, 0.1) is 10.6 Å². The van der Waals surface area contributed by atoms with Crippen LogP contribution in [0.1, 0.15) is 31.9 Å². The summed E-state index contributed by atoms with van der Waals surface area (Å²) in [6, 6.07) is 21.4. The van der Waals surface area contributed by atoms with Gasteiger partial charge in [-0.05, 0) is 69.2 Å². The second-order valence-corrected chi connectivity index (χ2v) is 11.9. The summed E-state index contributed by atoms with van der Waals surface area (Å²) in [5, 5.41) is 2.86. The van der Waals surface area contributed by atoms with Crippen LogP contribution in [-0.4, -0.2) is 43.8 Å². The van der Waals surface area contributed by atoms with Crippen LogP contribution in [-0.2, 0) is 26.2 Å². The number of carbonyl (C=O) groups is 2. The number of hydrogen-bond donors (Lipinski definition) is 1. The van der Waals surface area contributed by atoms with Crippen LogP contribution in [0.4, 0.5) is 5.69 Å². The maximum absolute atomic E-state index is 13.9. The molecule has 3 aromatic carbocycles. The van der Waals surface area contributed by atoms with Crippen molar-refractivity contribution >= 4 is 43.5 Å². The van der Waals surface area contributed by atoms with Gasteiger partial charge in [-0.25, -0.2) is 8.42 Å². The number of amides is 2. The van der Waals surface area contributed by atoms with E-state index in [9.17, 15) is 18.0 Å². The molecule has 1 N–H and O–H groups in total. The van der Waals surface area contributed by atoms with Crippen molar-refractivity contribution in [1.29, 1.82) is 0 Å². The summed E-state index contributed by atoms with van der Waals surface area (Å²) < 4.78 is 29.2. The van der Waals surface area contributed by atoms with Gasteiger partial charge >= 0.3 is 0 Å². The van der Waals surface area contributed by atoms with Crippen molar-refractivity contribution in [3.05, 3.63) is 94.5 Å². The largest absolute Gasteiger partial charge is 0.352 e. The molecule has 0 aliphatic rings. The van der Waals surface area contributed by atoms with Gasteiger partial charge in [0.15, 0.2) is 0 Å². The first kappa shape index (κ1) is 28.4. The second-order valence-electron chi connectivity index (χ2n) is 9.09.